The molecule has 0 saturated heterocycles. The number of hydrogen-bond acceptors (Lipinski definition) is 7. The van der Waals surface area contributed by atoms with Crippen molar-refractivity contribution in [2.24, 2.45) is 0 Å². The molecule has 11 heteroatoms. The van der Waals surface area contributed by atoms with E-state index >= 15 is 0 Å². The molecule has 5 aromatic rings. The number of amides is 2. The molecule has 0 saturated carbocycles. The number of nitrogens with zero attached hydrogens (tertiary/aromatic N) is 5. The number of H-pyrrole nitrogens is 2. The standard InChI is InChI=1S/C26H28N6O.C12H17N3O/c1-4-32-22-13-21-20(12-18(22)26(2,3)25(32)33)27-24(28-21)23-17-15-31(11-10-19(17)29-30-23)14-16-8-6-5-7-9-16;1-4-15-10-6-9(14)8(13)5-7(10)12(2,3)11(15)16/h5-9,12-13H,4,10-11,14-15H2,1-3H3,(H,27,28)(H,29,30);5-6H,4,13-14H2,1-3H3. The van der Waals surface area contributed by atoms with Crippen LogP contribution in [0, 0.1) is 0 Å². The van der Waals surface area contributed by atoms with Gasteiger partial charge < -0.3 is 26.3 Å². The van der Waals surface area contributed by atoms with Crippen molar-refractivity contribution in [1.29, 1.82) is 0 Å². The molecule has 254 valence electrons. The number of nitrogens with one attached hydrogen (secondary N) is 2. The molecule has 0 fully saturated rings. The first-order chi connectivity index (χ1) is 23.3. The van der Waals surface area contributed by atoms with Gasteiger partial charge in [0.1, 0.15) is 5.69 Å². The topological polar surface area (TPSA) is 153 Å². The zero-order chi connectivity index (χ0) is 34.8. The fourth-order valence-electron chi connectivity index (χ4n) is 7.50. The highest BCUT2D eigenvalue weighted by atomic mass is 16.2. The molecule has 5 heterocycles. The van der Waals surface area contributed by atoms with E-state index in [0.717, 1.165) is 71.1 Å². The van der Waals surface area contributed by atoms with Crippen molar-refractivity contribution < 1.29 is 9.59 Å². The molecule has 3 aliphatic heterocycles. The lowest BCUT2D eigenvalue weighted by molar-refractivity contribution is -0.122. The largest absolute Gasteiger partial charge is 0.397 e. The van der Waals surface area contributed by atoms with Crippen molar-refractivity contribution >= 4 is 45.6 Å². The SMILES string of the molecule is CCN1C(=O)C(C)(C)c2cc(N)c(N)cc21.CCN1C(=O)C(C)(C)c2cc3[nH]c(-c4n[nH]c5c4CN(Cc4ccccc4)CC5)nc3cc21. The summed E-state index contributed by atoms with van der Waals surface area (Å²) in [6.07, 6.45) is 0.950. The van der Waals surface area contributed by atoms with Gasteiger partial charge in [-0.1, -0.05) is 30.3 Å². The molecule has 0 atom stereocenters. The van der Waals surface area contributed by atoms with Gasteiger partial charge >= 0.3 is 0 Å². The van der Waals surface area contributed by atoms with Crippen molar-refractivity contribution in [3.8, 4) is 11.5 Å². The van der Waals surface area contributed by atoms with E-state index in [1.165, 1.54) is 16.8 Å². The Labute approximate surface area is 286 Å². The average Bonchev–Trinajstić information content (AvgIpc) is 3.78. The van der Waals surface area contributed by atoms with Crippen LogP contribution in [0.25, 0.3) is 22.6 Å². The summed E-state index contributed by atoms with van der Waals surface area (Å²) in [6.45, 7) is 15.9. The van der Waals surface area contributed by atoms with Crippen LogP contribution >= 0.6 is 0 Å². The Morgan fingerprint density at radius 2 is 1.45 bits per heavy atom. The molecule has 0 spiro atoms. The molecule has 0 unspecified atom stereocenters. The van der Waals surface area contributed by atoms with Gasteiger partial charge in [-0.25, -0.2) is 4.98 Å². The molecule has 2 amide bonds. The predicted octanol–water partition coefficient (Wildman–Crippen LogP) is 5.65. The first-order valence-electron chi connectivity index (χ1n) is 17.1. The Balaban J connectivity index is 0.000000199. The van der Waals surface area contributed by atoms with Crippen molar-refractivity contribution in [1.82, 2.24) is 25.1 Å². The molecule has 49 heavy (non-hydrogen) atoms. The van der Waals surface area contributed by atoms with Crippen LogP contribution in [0.3, 0.4) is 0 Å². The maximum atomic E-state index is 12.9. The van der Waals surface area contributed by atoms with Crippen molar-refractivity contribution in [3.05, 3.63) is 82.5 Å². The highest BCUT2D eigenvalue weighted by Crippen LogP contribution is 2.45. The summed E-state index contributed by atoms with van der Waals surface area (Å²) in [5.74, 6) is 1.03. The number of benzene rings is 3. The summed E-state index contributed by atoms with van der Waals surface area (Å²) < 4.78 is 0. The molecule has 2 aromatic heterocycles. The molecule has 11 nitrogen and oxygen atoms in total. The molecule has 3 aliphatic rings. The van der Waals surface area contributed by atoms with Gasteiger partial charge in [-0.15, -0.1) is 0 Å². The third kappa shape index (κ3) is 5.23. The van der Waals surface area contributed by atoms with Gasteiger partial charge in [0, 0.05) is 50.4 Å². The van der Waals surface area contributed by atoms with Crippen LogP contribution in [-0.4, -0.2) is 56.5 Å². The fourth-order valence-corrected chi connectivity index (χ4v) is 7.50. The summed E-state index contributed by atoms with van der Waals surface area (Å²) >= 11 is 0. The van der Waals surface area contributed by atoms with E-state index in [9.17, 15) is 9.59 Å². The molecule has 6 N–H and O–H groups in total. The van der Waals surface area contributed by atoms with Crippen LogP contribution in [0.2, 0.25) is 0 Å². The third-order valence-electron chi connectivity index (χ3n) is 10.4. The molecule has 3 aromatic carbocycles. The van der Waals surface area contributed by atoms with Crippen molar-refractivity contribution in [2.75, 3.05) is 40.9 Å². The van der Waals surface area contributed by atoms with Gasteiger partial charge in [-0.05, 0) is 82.5 Å². The second-order valence-electron chi connectivity index (χ2n) is 14.3. The van der Waals surface area contributed by atoms with E-state index in [1.54, 1.807) is 11.0 Å². The minimum atomic E-state index is -0.533. The monoisotopic (exact) mass is 659 g/mol. The van der Waals surface area contributed by atoms with E-state index < -0.39 is 10.8 Å². The molecule has 0 bridgehead atoms. The van der Waals surface area contributed by atoms with Crippen LogP contribution < -0.4 is 21.3 Å². The van der Waals surface area contributed by atoms with E-state index in [4.69, 9.17) is 16.5 Å². The Morgan fingerprint density at radius 1 is 0.837 bits per heavy atom. The summed E-state index contributed by atoms with van der Waals surface area (Å²) in [5.41, 5.74) is 21.9. The van der Waals surface area contributed by atoms with Crippen LogP contribution in [0.5, 0.6) is 0 Å². The molecule has 0 radical (unpaired) electrons. The Kier molecular flexibility index (Phi) is 7.78. The smallest absolute Gasteiger partial charge is 0.237 e. The number of hydrogen-bond donors (Lipinski definition) is 4. The van der Waals surface area contributed by atoms with Crippen molar-refractivity contribution in [2.45, 2.75) is 71.9 Å². The third-order valence-corrected chi connectivity index (χ3v) is 10.4. The minimum Gasteiger partial charge on any atom is -0.397 e. The maximum absolute atomic E-state index is 12.9. The average molecular weight is 660 g/mol. The van der Waals surface area contributed by atoms with Gasteiger partial charge in [0.15, 0.2) is 5.82 Å². The molecule has 8 rings (SSSR count). The number of aromatic nitrogens is 4. The van der Waals surface area contributed by atoms with E-state index in [1.807, 2.05) is 58.6 Å². The summed E-state index contributed by atoms with van der Waals surface area (Å²) in [4.78, 5) is 39.5. The second kappa shape index (κ2) is 11.8. The molecular weight excluding hydrogens is 614 g/mol. The fraction of sp³-hybridized carbons (Fsp3) is 0.368. The van der Waals surface area contributed by atoms with E-state index in [2.05, 4.69) is 56.5 Å². The van der Waals surface area contributed by atoms with Gasteiger partial charge in [0.05, 0.1) is 44.6 Å². The number of carbonyl (C=O) groups is 2. The summed E-state index contributed by atoms with van der Waals surface area (Å²) in [5, 5.41) is 7.89. The number of imidazole rings is 1. The first kappa shape index (κ1) is 32.4. The second-order valence-corrected chi connectivity index (χ2v) is 14.3. The zero-order valence-electron chi connectivity index (χ0n) is 29.1. The highest BCUT2D eigenvalue weighted by molar-refractivity contribution is 6.10. The zero-order valence-corrected chi connectivity index (χ0v) is 29.1. The Morgan fingerprint density at radius 3 is 2.10 bits per heavy atom. The molecule has 0 aliphatic carbocycles. The van der Waals surface area contributed by atoms with Crippen LogP contribution in [0.15, 0.2) is 54.6 Å². The Bertz CT molecular complexity index is 2090. The van der Waals surface area contributed by atoms with Gasteiger partial charge in [-0.2, -0.15) is 5.10 Å². The summed E-state index contributed by atoms with van der Waals surface area (Å²) in [7, 11) is 0. The first-order valence-corrected chi connectivity index (χ1v) is 17.1. The maximum Gasteiger partial charge on any atom is 0.237 e. The molecular formula is C38H45N9O2. The number of fused-ring (bicyclic) bond motifs is 4. The number of rotatable bonds is 5. The van der Waals surface area contributed by atoms with Crippen LogP contribution in [0.4, 0.5) is 22.7 Å². The number of anilines is 4. The minimum absolute atomic E-state index is 0.106. The summed E-state index contributed by atoms with van der Waals surface area (Å²) in [6, 6.07) is 18.3. The van der Waals surface area contributed by atoms with Gasteiger partial charge in [0.25, 0.3) is 0 Å². The normalized spacial score (nSPS) is 17.6. The lowest BCUT2D eigenvalue weighted by atomic mass is 9.86. The lowest BCUT2D eigenvalue weighted by Gasteiger charge is -2.26. The van der Waals surface area contributed by atoms with Crippen LogP contribution in [0.1, 0.15) is 69.5 Å². The number of nitrogen functional groups attached to an aromatic ring is 2. The van der Waals surface area contributed by atoms with Gasteiger partial charge in [0.2, 0.25) is 11.8 Å². The van der Waals surface area contributed by atoms with Crippen LogP contribution in [-0.2, 0) is 39.9 Å². The number of likely N-dealkylation sites (N-methyl/N-ethyl adjacent to an activating group) is 2. The quantitative estimate of drug-likeness (QED) is 0.178. The number of nitrogens with two attached hydrogens (primary N) is 2. The predicted molar refractivity (Wildman–Crippen MR) is 195 cm³/mol. The highest BCUT2D eigenvalue weighted by Gasteiger charge is 2.44. The van der Waals surface area contributed by atoms with E-state index in [-0.39, 0.29) is 11.8 Å². The van der Waals surface area contributed by atoms with Gasteiger partial charge in [-0.3, -0.25) is 19.6 Å². The number of carbonyl (C=O) groups excluding carboxylic acids is 2. The number of aromatic amines is 2. The lowest BCUT2D eigenvalue weighted by Crippen LogP contribution is -2.35. The van der Waals surface area contributed by atoms with E-state index in [0.29, 0.717) is 24.5 Å². The van der Waals surface area contributed by atoms with Crippen molar-refractivity contribution in [3.63, 3.8) is 0 Å². The Hall–Kier alpha value is -5.16.